The van der Waals surface area contributed by atoms with Crippen molar-refractivity contribution in [3.8, 4) is 0 Å². The lowest BCUT2D eigenvalue weighted by Crippen LogP contribution is -2.52. The number of aliphatic hydroxyl groups is 1. The van der Waals surface area contributed by atoms with E-state index in [2.05, 4.69) is 36.5 Å². The second-order valence-corrected chi connectivity index (χ2v) is 9.09. The lowest BCUT2D eigenvalue weighted by Gasteiger charge is -2.41. The molecule has 0 aromatic carbocycles. The molecule has 27 heavy (non-hydrogen) atoms. The zero-order valence-corrected chi connectivity index (χ0v) is 17.3. The third kappa shape index (κ3) is 5.07. The molecule has 2 aliphatic rings. The molecule has 4 heterocycles. The SMILES string of the molecule is OCC[C@@H]1CN(Cc2cnc(N3CCOCC3)s2)CCN1Cc1ccsc1. The summed E-state index contributed by atoms with van der Waals surface area (Å²) in [7, 11) is 0. The van der Waals surface area contributed by atoms with Crippen LogP contribution in [0, 0.1) is 0 Å². The minimum absolute atomic E-state index is 0.250. The lowest BCUT2D eigenvalue weighted by molar-refractivity contribution is 0.0505. The third-order valence-electron chi connectivity index (χ3n) is 5.32. The summed E-state index contributed by atoms with van der Waals surface area (Å²) >= 11 is 3.56. The van der Waals surface area contributed by atoms with E-state index in [9.17, 15) is 5.11 Å². The minimum atomic E-state index is 0.250. The van der Waals surface area contributed by atoms with Gasteiger partial charge in [0, 0.05) is 69.5 Å². The summed E-state index contributed by atoms with van der Waals surface area (Å²) in [6, 6.07) is 2.62. The van der Waals surface area contributed by atoms with Gasteiger partial charge >= 0.3 is 0 Å². The van der Waals surface area contributed by atoms with Crippen molar-refractivity contribution in [2.75, 3.05) is 57.4 Å². The summed E-state index contributed by atoms with van der Waals surface area (Å²) in [5.41, 5.74) is 1.38. The van der Waals surface area contributed by atoms with Crippen LogP contribution in [0.1, 0.15) is 16.9 Å². The maximum atomic E-state index is 9.52. The third-order valence-corrected chi connectivity index (χ3v) is 7.09. The van der Waals surface area contributed by atoms with E-state index >= 15 is 0 Å². The molecule has 0 radical (unpaired) electrons. The van der Waals surface area contributed by atoms with Crippen LogP contribution >= 0.6 is 22.7 Å². The van der Waals surface area contributed by atoms with Gasteiger partial charge < -0.3 is 14.7 Å². The predicted octanol–water partition coefficient (Wildman–Crippen LogP) is 2.11. The predicted molar refractivity (Wildman–Crippen MR) is 111 cm³/mol. The van der Waals surface area contributed by atoms with Crippen molar-refractivity contribution in [3.05, 3.63) is 33.5 Å². The monoisotopic (exact) mass is 408 g/mol. The van der Waals surface area contributed by atoms with E-state index in [1.807, 2.05) is 17.5 Å². The van der Waals surface area contributed by atoms with Crippen LogP contribution in [0.25, 0.3) is 0 Å². The van der Waals surface area contributed by atoms with E-state index in [4.69, 9.17) is 4.74 Å². The van der Waals surface area contributed by atoms with Gasteiger partial charge in [-0.1, -0.05) is 0 Å². The van der Waals surface area contributed by atoms with Crippen LogP contribution < -0.4 is 4.90 Å². The van der Waals surface area contributed by atoms with Gasteiger partial charge in [-0.3, -0.25) is 9.80 Å². The molecular formula is C19H28N4O2S2. The lowest BCUT2D eigenvalue weighted by atomic mass is 10.1. The minimum Gasteiger partial charge on any atom is -0.396 e. The average Bonchev–Trinajstić information content (AvgIpc) is 3.37. The number of aliphatic hydroxyl groups excluding tert-OH is 1. The smallest absolute Gasteiger partial charge is 0.185 e. The molecule has 6 nitrogen and oxygen atoms in total. The molecule has 2 fully saturated rings. The van der Waals surface area contributed by atoms with Crippen LogP contribution in [0.4, 0.5) is 5.13 Å². The zero-order chi connectivity index (χ0) is 18.5. The molecule has 0 saturated carbocycles. The summed E-state index contributed by atoms with van der Waals surface area (Å²) in [4.78, 5) is 13.3. The Morgan fingerprint density at radius 2 is 2.07 bits per heavy atom. The highest BCUT2D eigenvalue weighted by Gasteiger charge is 2.27. The number of rotatable bonds is 7. The number of hydrogen-bond acceptors (Lipinski definition) is 8. The maximum absolute atomic E-state index is 9.52. The molecule has 148 valence electrons. The molecule has 1 atom stereocenters. The zero-order valence-electron chi connectivity index (χ0n) is 15.6. The quantitative estimate of drug-likeness (QED) is 0.757. The highest BCUT2D eigenvalue weighted by Crippen LogP contribution is 2.26. The molecule has 0 unspecified atom stereocenters. The van der Waals surface area contributed by atoms with Crippen molar-refractivity contribution in [2.24, 2.45) is 0 Å². The number of aromatic nitrogens is 1. The highest BCUT2D eigenvalue weighted by atomic mass is 32.1. The summed E-state index contributed by atoms with van der Waals surface area (Å²) in [6.45, 7) is 8.79. The Labute approximate surface area is 169 Å². The first kappa shape index (κ1) is 19.3. The van der Waals surface area contributed by atoms with Gasteiger partial charge in [0.25, 0.3) is 0 Å². The van der Waals surface area contributed by atoms with Crippen LogP contribution in [-0.2, 0) is 17.8 Å². The number of hydrogen-bond donors (Lipinski definition) is 1. The molecular weight excluding hydrogens is 380 g/mol. The Balaban J connectivity index is 1.34. The number of ether oxygens (including phenoxy) is 1. The summed E-state index contributed by atoms with van der Waals surface area (Å²) < 4.78 is 5.43. The topological polar surface area (TPSA) is 52.1 Å². The molecule has 0 aliphatic carbocycles. The van der Waals surface area contributed by atoms with E-state index in [1.165, 1.54) is 10.4 Å². The fourth-order valence-corrected chi connectivity index (χ4v) is 5.50. The number of morpholine rings is 1. The van der Waals surface area contributed by atoms with Crippen LogP contribution in [-0.4, -0.2) is 78.5 Å². The van der Waals surface area contributed by atoms with Crippen molar-refractivity contribution in [3.63, 3.8) is 0 Å². The highest BCUT2D eigenvalue weighted by molar-refractivity contribution is 7.15. The molecule has 2 saturated heterocycles. The van der Waals surface area contributed by atoms with Gasteiger partial charge in [0.05, 0.1) is 13.2 Å². The Hall–Kier alpha value is -1.03. The number of nitrogens with zero attached hydrogens (tertiary/aromatic N) is 4. The van der Waals surface area contributed by atoms with Crippen LogP contribution in [0.15, 0.2) is 23.0 Å². The van der Waals surface area contributed by atoms with Crippen molar-refractivity contribution >= 4 is 27.8 Å². The molecule has 8 heteroatoms. The summed E-state index contributed by atoms with van der Waals surface area (Å²) in [5, 5.41) is 15.0. The van der Waals surface area contributed by atoms with Crippen molar-refractivity contribution in [1.29, 1.82) is 0 Å². The Morgan fingerprint density at radius 1 is 1.19 bits per heavy atom. The maximum Gasteiger partial charge on any atom is 0.185 e. The van der Waals surface area contributed by atoms with Gasteiger partial charge in [0.1, 0.15) is 0 Å². The second-order valence-electron chi connectivity index (χ2n) is 7.21. The normalized spacial score (nSPS) is 22.4. The molecule has 0 amide bonds. The first-order valence-electron chi connectivity index (χ1n) is 9.67. The number of thiazole rings is 1. The summed E-state index contributed by atoms with van der Waals surface area (Å²) in [5.74, 6) is 0. The molecule has 4 rings (SSSR count). The fraction of sp³-hybridized carbons (Fsp3) is 0.632. The van der Waals surface area contributed by atoms with E-state index in [0.29, 0.717) is 6.04 Å². The van der Waals surface area contributed by atoms with E-state index in [1.54, 1.807) is 11.3 Å². The fourth-order valence-electron chi connectivity index (χ4n) is 3.84. The second kappa shape index (κ2) is 9.45. The first-order valence-corrected chi connectivity index (χ1v) is 11.4. The Morgan fingerprint density at radius 3 is 2.85 bits per heavy atom. The van der Waals surface area contributed by atoms with E-state index < -0.39 is 0 Å². The average molecular weight is 409 g/mol. The van der Waals surface area contributed by atoms with Crippen LogP contribution in [0.5, 0.6) is 0 Å². The van der Waals surface area contributed by atoms with Crippen LogP contribution in [0.2, 0.25) is 0 Å². The Kier molecular flexibility index (Phi) is 6.75. The molecule has 1 N–H and O–H groups in total. The standard InChI is InChI=1S/C19H28N4O2S2/c24-7-1-17-13-21(3-4-23(17)12-16-2-10-26-15-16)14-18-11-20-19(27-18)22-5-8-25-9-6-22/h2,10-11,15,17,24H,1,3-9,12-14H2/t17-/m1/s1. The van der Waals surface area contributed by atoms with Gasteiger partial charge in [-0.05, 0) is 28.8 Å². The van der Waals surface area contributed by atoms with Crippen molar-refractivity contribution in [2.45, 2.75) is 25.6 Å². The van der Waals surface area contributed by atoms with Gasteiger partial charge in [0.2, 0.25) is 0 Å². The van der Waals surface area contributed by atoms with Gasteiger partial charge in [0.15, 0.2) is 5.13 Å². The van der Waals surface area contributed by atoms with Gasteiger partial charge in [-0.2, -0.15) is 11.3 Å². The van der Waals surface area contributed by atoms with Crippen LogP contribution in [0.3, 0.4) is 0 Å². The number of thiophene rings is 1. The number of anilines is 1. The molecule has 2 aromatic rings. The largest absolute Gasteiger partial charge is 0.396 e. The molecule has 0 bridgehead atoms. The first-order chi connectivity index (χ1) is 13.3. The Bertz CT molecular complexity index is 688. The van der Waals surface area contributed by atoms with E-state index in [0.717, 1.165) is 70.6 Å². The van der Waals surface area contributed by atoms with E-state index in [-0.39, 0.29) is 6.61 Å². The summed E-state index contributed by atoms with van der Waals surface area (Å²) in [6.07, 6.45) is 2.87. The van der Waals surface area contributed by atoms with Gasteiger partial charge in [-0.25, -0.2) is 4.98 Å². The molecule has 2 aliphatic heterocycles. The molecule has 2 aromatic heterocycles. The van der Waals surface area contributed by atoms with Crippen molar-refractivity contribution < 1.29 is 9.84 Å². The van der Waals surface area contributed by atoms with Gasteiger partial charge in [-0.15, -0.1) is 11.3 Å². The number of piperazine rings is 1. The van der Waals surface area contributed by atoms with Crippen molar-refractivity contribution in [1.82, 2.24) is 14.8 Å². The molecule has 0 spiro atoms.